The third kappa shape index (κ3) is 4.18. The van der Waals surface area contributed by atoms with Gasteiger partial charge in [0.15, 0.2) is 5.69 Å². The van der Waals surface area contributed by atoms with Crippen molar-refractivity contribution in [1.29, 1.82) is 0 Å². The van der Waals surface area contributed by atoms with Crippen LogP contribution in [0.5, 0.6) is 0 Å². The van der Waals surface area contributed by atoms with Crippen LogP contribution < -0.4 is 21.9 Å². The van der Waals surface area contributed by atoms with Crippen molar-refractivity contribution in [3.8, 4) is 0 Å². The van der Waals surface area contributed by atoms with Crippen molar-refractivity contribution in [2.24, 2.45) is 5.73 Å². The minimum Gasteiger partial charge on any atom is -0.366 e. The fourth-order valence-electron chi connectivity index (χ4n) is 2.38. The number of nitrogens with one attached hydrogen (secondary N) is 3. The van der Waals surface area contributed by atoms with E-state index in [9.17, 15) is 19.2 Å². The summed E-state index contributed by atoms with van der Waals surface area (Å²) in [5.41, 5.74) is 5.96. The number of aromatic amines is 1. The lowest BCUT2D eigenvalue weighted by Crippen LogP contribution is -2.35. The fourth-order valence-corrected chi connectivity index (χ4v) is 2.38. The van der Waals surface area contributed by atoms with E-state index in [4.69, 9.17) is 5.73 Å². The number of rotatable bonds is 6. The van der Waals surface area contributed by atoms with Crippen molar-refractivity contribution >= 4 is 23.4 Å². The summed E-state index contributed by atoms with van der Waals surface area (Å²) >= 11 is 0. The van der Waals surface area contributed by atoms with Gasteiger partial charge in [-0.15, -0.1) is 0 Å². The lowest BCUT2D eigenvalue weighted by molar-refractivity contribution is 0.0924. The number of nitrogens with zero attached hydrogens (tertiary/aromatic N) is 2. The van der Waals surface area contributed by atoms with Gasteiger partial charge in [0.2, 0.25) is 5.91 Å². The van der Waals surface area contributed by atoms with Gasteiger partial charge < -0.3 is 21.4 Å². The topological polar surface area (TPSA) is 151 Å². The highest BCUT2D eigenvalue weighted by atomic mass is 16.2. The van der Waals surface area contributed by atoms with E-state index in [1.54, 1.807) is 12.1 Å². The van der Waals surface area contributed by atoms with Crippen LogP contribution >= 0.6 is 0 Å². The van der Waals surface area contributed by atoms with Gasteiger partial charge >= 0.3 is 0 Å². The number of aromatic nitrogens is 3. The Labute approximate surface area is 152 Å². The first-order valence-corrected chi connectivity index (χ1v) is 7.99. The molecule has 27 heavy (non-hydrogen) atoms. The van der Waals surface area contributed by atoms with Gasteiger partial charge in [0.25, 0.3) is 17.4 Å². The monoisotopic (exact) mass is 368 g/mol. The number of hydrogen-bond donors (Lipinski definition) is 4. The Kier molecular flexibility index (Phi) is 4.97. The number of benzene rings is 1. The van der Waals surface area contributed by atoms with E-state index < -0.39 is 17.7 Å². The van der Waals surface area contributed by atoms with Gasteiger partial charge in [-0.2, -0.15) is 5.10 Å². The predicted molar refractivity (Wildman–Crippen MR) is 95.4 cm³/mol. The first kappa shape index (κ1) is 17.9. The molecule has 2 aromatic heterocycles. The number of nitrogens with two attached hydrogens (primary N) is 1. The second kappa shape index (κ2) is 7.52. The largest absolute Gasteiger partial charge is 0.366 e. The van der Waals surface area contributed by atoms with Crippen molar-refractivity contribution < 1.29 is 14.4 Å². The van der Waals surface area contributed by atoms with Gasteiger partial charge in [-0.05, 0) is 18.2 Å². The molecule has 3 amide bonds. The van der Waals surface area contributed by atoms with Crippen LogP contribution in [0.2, 0.25) is 0 Å². The number of carbonyl (C=O) groups is 3. The average molecular weight is 368 g/mol. The van der Waals surface area contributed by atoms with Gasteiger partial charge in [0, 0.05) is 42.5 Å². The van der Waals surface area contributed by atoms with Crippen LogP contribution in [0.3, 0.4) is 0 Å². The molecule has 0 fully saturated rings. The first-order valence-electron chi connectivity index (χ1n) is 7.99. The normalized spacial score (nSPS) is 10.5. The molecule has 138 valence electrons. The molecule has 1 aromatic carbocycles. The molecule has 3 aromatic rings. The summed E-state index contributed by atoms with van der Waals surface area (Å²) in [6.07, 6.45) is 1.45. The molecule has 0 atom stereocenters. The lowest BCUT2D eigenvalue weighted by atomic mass is 10.1. The molecular formula is C17H16N6O4. The molecule has 0 unspecified atom stereocenters. The Morgan fingerprint density at radius 1 is 1.04 bits per heavy atom. The minimum absolute atomic E-state index is 0.136. The zero-order valence-corrected chi connectivity index (χ0v) is 14.1. The highest BCUT2D eigenvalue weighted by Crippen LogP contribution is 2.04. The van der Waals surface area contributed by atoms with E-state index in [-0.39, 0.29) is 29.9 Å². The maximum Gasteiger partial charge on any atom is 0.271 e. The Balaban J connectivity index is 1.52. The van der Waals surface area contributed by atoms with Crippen LogP contribution in [0.15, 0.2) is 47.4 Å². The number of carbonyl (C=O) groups excluding carboxylic acids is 3. The average Bonchev–Trinajstić information content (AvgIpc) is 3.08. The molecule has 5 N–H and O–H groups in total. The third-order valence-corrected chi connectivity index (χ3v) is 3.69. The van der Waals surface area contributed by atoms with Crippen molar-refractivity contribution in [3.05, 3.63) is 69.8 Å². The van der Waals surface area contributed by atoms with Crippen LogP contribution in [-0.4, -0.2) is 45.4 Å². The number of hydrogen-bond acceptors (Lipinski definition) is 5. The quantitative estimate of drug-likeness (QED) is 0.423. The van der Waals surface area contributed by atoms with Crippen LogP contribution in [0.1, 0.15) is 31.2 Å². The molecule has 3 rings (SSSR count). The highest BCUT2D eigenvalue weighted by Gasteiger charge is 2.12. The van der Waals surface area contributed by atoms with E-state index in [1.807, 2.05) is 0 Å². The lowest BCUT2D eigenvalue weighted by Gasteiger charge is -2.07. The van der Waals surface area contributed by atoms with Crippen LogP contribution in [0.4, 0.5) is 0 Å². The summed E-state index contributed by atoms with van der Waals surface area (Å²) in [5.74, 6) is -1.45. The highest BCUT2D eigenvalue weighted by molar-refractivity contribution is 5.99. The third-order valence-electron chi connectivity index (χ3n) is 3.69. The van der Waals surface area contributed by atoms with Gasteiger partial charge in [-0.3, -0.25) is 19.2 Å². The van der Waals surface area contributed by atoms with Gasteiger partial charge in [-0.1, -0.05) is 6.07 Å². The van der Waals surface area contributed by atoms with E-state index >= 15 is 0 Å². The maximum atomic E-state index is 12.1. The molecule has 10 heteroatoms. The first-order chi connectivity index (χ1) is 12.9. The summed E-state index contributed by atoms with van der Waals surface area (Å²) in [7, 11) is 0. The zero-order chi connectivity index (χ0) is 19.4. The predicted octanol–water partition coefficient (Wildman–Crippen LogP) is -0.719. The molecule has 0 aliphatic rings. The van der Waals surface area contributed by atoms with Gasteiger partial charge in [-0.25, -0.2) is 4.52 Å². The second-order valence-electron chi connectivity index (χ2n) is 5.62. The molecule has 10 nitrogen and oxygen atoms in total. The Morgan fingerprint density at radius 3 is 2.48 bits per heavy atom. The van der Waals surface area contributed by atoms with Crippen LogP contribution in [0.25, 0.3) is 5.65 Å². The van der Waals surface area contributed by atoms with E-state index in [0.29, 0.717) is 11.2 Å². The van der Waals surface area contributed by atoms with Gasteiger partial charge in [0.1, 0.15) is 5.65 Å². The number of fused-ring (bicyclic) bond motifs is 1. The van der Waals surface area contributed by atoms with Crippen LogP contribution in [-0.2, 0) is 0 Å². The maximum absolute atomic E-state index is 12.1. The summed E-state index contributed by atoms with van der Waals surface area (Å²) in [4.78, 5) is 49.1. The van der Waals surface area contributed by atoms with Crippen molar-refractivity contribution in [2.45, 2.75) is 0 Å². The molecule has 0 bridgehead atoms. The fraction of sp³-hybridized carbons (Fsp3) is 0.118. The number of primary amides is 1. The summed E-state index contributed by atoms with van der Waals surface area (Å²) in [5, 5.41) is 9.29. The van der Waals surface area contributed by atoms with E-state index in [1.165, 1.54) is 35.0 Å². The number of amides is 3. The Bertz CT molecular complexity index is 1080. The molecule has 2 heterocycles. The van der Waals surface area contributed by atoms with E-state index in [0.717, 1.165) is 0 Å². The molecule has 0 aliphatic carbocycles. The summed E-state index contributed by atoms with van der Waals surface area (Å²) < 4.78 is 1.38. The SMILES string of the molecule is NC(=O)c1cccc(C(=O)NCCNC(=O)c2cc3[nH]c(=O)ccn3n2)c1. The molecule has 0 saturated carbocycles. The van der Waals surface area contributed by atoms with Gasteiger partial charge in [0.05, 0.1) is 0 Å². The Hall–Kier alpha value is -3.95. The molecular weight excluding hydrogens is 352 g/mol. The second-order valence-corrected chi connectivity index (χ2v) is 5.62. The van der Waals surface area contributed by atoms with Crippen molar-refractivity contribution in [1.82, 2.24) is 25.2 Å². The van der Waals surface area contributed by atoms with Crippen molar-refractivity contribution in [3.63, 3.8) is 0 Å². The smallest absolute Gasteiger partial charge is 0.271 e. The number of H-pyrrole nitrogens is 1. The standard InChI is InChI=1S/C17H16N6O4/c18-15(25)10-2-1-3-11(8-10)16(26)19-5-6-20-17(27)12-9-13-21-14(24)4-7-23(13)22-12/h1-4,7-9H,5-6H2,(H2,18,25)(H,19,26)(H,20,27)(H,21,24). The summed E-state index contributed by atoms with van der Waals surface area (Å²) in [6.45, 7) is 0.347. The molecule has 0 saturated heterocycles. The van der Waals surface area contributed by atoms with Crippen molar-refractivity contribution in [2.75, 3.05) is 13.1 Å². The van der Waals surface area contributed by atoms with Crippen LogP contribution in [0, 0.1) is 0 Å². The molecule has 0 spiro atoms. The Morgan fingerprint density at radius 2 is 1.74 bits per heavy atom. The van der Waals surface area contributed by atoms with E-state index in [2.05, 4.69) is 20.7 Å². The summed E-state index contributed by atoms with van der Waals surface area (Å²) in [6, 6.07) is 8.77. The molecule has 0 radical (unpaired) electrons. The minimum atomic E-state index is -0.620. The molecule has 0 aliphatic heterocycles. The zero-order valence-electron chi connectivity index (χ0n) is 14.1.